The first-order valence-corrected chi connectivity index (χ1v) is 6.72. The average molecular weight is 282 g/mol. The van der Waals surface area contributed by atoms with Crippen LogP contribution in [0, 0.1) is 11.3 Å². The lowest BCUT2D eigenvalue weighted by Crippen LogP contribution is -2.08. The van der Waals surface area contributed by atoms with Gasteiger partial charge in [0.05, 0.1) is 25.2 Å². The second kappa shape index (κ2) is 6.78. The van der Waals surface area contributed by atoms with Crippen LogP contribution in [0.1, 0.15) is 24.1 Å². The maximum absolute atomic E-state index is 8.67. The molecule has 2 aromatic rings. The van der Waals surface area contributed by atoms with Gasteiger partial charge in [-0.2, -0.15) is 5.26 Å². The first-order chi connectivity index (χ1) is 10.2. The fourth-order valence-corrected chi connectivity index (χ4v) is 2.13. The topological polar surface area (TPSA) is 68.3 Å². The van der Waals surface area contributed by atoms with Gasteiger partial charge in [-0.3, -0.25) is 0 Å². The van der Waals surface area contributed by atoms with Crippen molar-refractivity contribution in [2.45, 2.75) is 19.4 Å². The lowest BCUT2D eigenvalue weighted by Gasteiger charge is -2.17. The number of rotatable bonds is 5. The number of benzene rings is 2. The molecule has 0 aliphatic heterocycles. The van der Waals surface area contributed by atoms with Gasteiger partial charge in [-0.25, -0.2) is 0 Å². The van der Waals surface area contributed by atoms with Crippen LogP contribution in [0.4, 0.5) is 0 Å². The maximum atomic E-state index is 8.67. The molecular weight excluding hydrogens is 264 g/mol. The molecule has 21 heavy (non-hydrogen) atoms. The monoisotopic (exact) mass is 282 g/mol. The zero-order valence-electron chi connectivity index (χ0n) is 12.2. The van der Waals surface area contributed by atoms with E-state index in [0.717, 1.165) is 11.1 Å². The molecule has 0 amide bonds. The van der Waals surface area contributed by atoms with Gasteiger partial charge in [0, 0.05) is 6.04 Å². The fourth-order valence-electron chi connectivity index (χ4n) is 2.13. The number of nitrogens with two attached hydrogens (primary N) is 1. The number of nitriles is 1. The summed E-state index contributed by atoms with van der Waals surface area (Å²) in [6.45, 7) is 1.89. The van der Waals surface area contributed by atoms with Crippen LogP contribution in [-0.4, -0.2) is 7.11 Å². The molecule has 0 saturated carbocycles. The van der Waals surface area contributed by atoms with Crippen LogP contribution in [0.2, 0.25) is 0 Å². The fraction of sp³-hybridized carbons (Fsp3) is 0.235. The number of hydrogen-bond acceptors (Lipinski definition) is 4. The van der Waals surface area contributed by atoms with Gasteiger partial charge in [0.25, 0.3) is 0 Å². The minimum absolute atomic E-state index is 0.200. The summed E-state index contributed by atoms with van der Waals surface area (Å²) in [7, 11) is 1.61. The molecule has 2 aromatic carbocycles. The molecule has 0 fully saturated rings. The second-order valence-electron chi connectivity index (χ2n) is 4.74. The molecule has 108 valence electrons. The first-order valence-electron chi connectivity index (χ1n) is 6.72. The van der Waals surface area contributed by atoms with Crippen LogP contribution in [0.3, 0.4) is 0 Å². The van der Waals surface area contributed by atoms with Gasteiger partial charge in [-0.05, 0) is 36.8 Å². The smallest absolute Gasteiger partial charge is 0.135 e. The lowest BCUT2D eigenvalue weighted by atomic mass is 10.1. The SMILES string of the molecule is COc1cccc(Oc2ccc(CC#N)cc2)c1C(C)N. The molecule has 2 rings (SSSR count). The van der Waals surface area contributed by atoms with Crippen LogP contribution < -0.4 is 15.2 Å². The summed E-state index contributed by atoms with van der Waals surface area (Å²) in [4.78, 5) is 0. The predicted molar refractivity (Wildman–Crippen MR) is 81.4 cm³/mol. The summed E-state index contributed by atoms with van der Waals surface area (Å²) < 4.78 is 11.2. The van der Waals surface area contributed by atoms with Crippen molar-refractivity contribution >= 4 is 0 Å². The Labute approximate surface area is 124 Å². The highest BCUT2D eigenvalue weighted by molar-refractivity contribution is 5.48. The van der Waals surface area contributed by atoms with Crippen molar-refractivity contribution in [3.8, 4) is 23.3 Å². The van der Waals surface area contributed by atoms with E-state index in [2.05, 4.69) is 6.07 Å². The third-order valence-electron chi connectivity index (χ3n) is 3.14. The van der Waals surface area contributed by atoms with E-state index in [9.17, 15) is 0 Å². The standard InChI is InChI=1S/C17H18N2O2/c1-12(19)17-15(20-2)4-3-5-16(17)21-14-8-6-13(7-9-14)10-11-18/h3-9,12H,10,19H2,1-2H3. The summed E-state index contributed by atoms with van der Waals surface area (Å²) in [5, 5.41) is 8.67. The van der Waals surface area contributed by atoms with E-state index >= 15 is 0 Å². The van der Waals surface area contributed by atoms with E-state index in [-0.39, 0.29) is 6.04 Å². The van der Waals surface area contributed by atoms with Crippen molar-refractivity contribution in [1.29, 1.82) is 5.26 Å². The predicted octanol–water partition coefficient (Wildman–Crippen LogP) is 3.57. The zero-order valence-corrected chi connectivity index (χ0v) is 12.2. The Kier molecular flexibility index (Phi) is 4.81. The summed E-state index contributed by atoms with van der Waals surface area (Å²) in [6, 6.07) is 15.0. The summed E-state index contributed by atoms with van der Waals surface area (Å²) in [5.41, 5.74) is 7.81. The Morgan fingerprint density at radius 1 is 1.14 bits per heavy atom. The molecule has 0 aliphatic carbocycles. The van der Waals surface area contributed by atoms with E-state index < -0.39 is 0 Å². The van der Waals surface area contributed by atoms with Crippen molar-refractivity contribution in [2.75, 3.05) is 7.11 Å². The minimum atomic E-state index is -0.200. The van der Waals surface area contributed by atoms with Crippen molar-refractivity contribution in [1.82, 2.24) is 0 Å². The Bertz CT molecular complexity index is 643. The van der Waals surface area contributed by atoms with Gasteiger partial charge in [-0.15, -0.1) is 0 Å². The number of ether oxygens (including phenoxy) is 2. The van der Waals surface area contributed by atoms with Gasteiger partial charge in [-0.1, -0.05) is 18.2 Å². The minimum Gasteiger partial charge on any atom is -0.496 e. The lowest BCUT2D eigenvalue weighted by molar-refractivity contribution is 0.397. The third kappa shape index (κ3) is 3.53. The molecule has 0 aromatic heterocycles. The quantitative estimate of drug-likeness (QED) is 0.910. The Morgan fingerprint density at radius 3 is 2.38 bits per heavy atom. The Hall–Kier alpha value is -2.51. The van der Waals surface area contributed by atoms with Crippen molar-refractivity contribution in [3.63, 3.8) is 0 Å². The molecular formula is C17H18N2O2. The van der Waals surface area contributed by atoms with Crippen molar-refractivity contribution < 1.29 is 9.47 Å². The maximum Gasteiger partial charge on any atom is 0.135 e. The van der Waals surface area contributed by atoms with Gasteiger partial charge in [0.2, 0.25) is 0 Å². The van der Waals surface area contributed by atoms with Crippen molar-refractivity contribution in [2.24, 2.45) is 5.73 Å². The molecule has 2 N–H and O–H groups in total. The summed E-state index contributed by atoms with van der Waals surface area (Å²) in [6.07, 6.45) is 0.393. The van der Waals surface area contributed by atoms with Crippen LogP contribution in [-0.2, 0) is 6.42 Å². The molecule has 0 radical (unpaired) electrons. The highest BCUT2D eigenvalue weighted by Crippen LogP contribution is 2.35. The van der Waals surface area contributed by atoms with Gasteiger partial charge < -0.3 is 15.2 Å². The highest BCUT2D eigenvalue weighted by Gasteiger charge is 2.14. The average Bonchev–Trinajstić information content (AvgIpc) is 2.49. The molecule has 0 aliphatic rings. The van der Waals surface area contributed by atoms with Crippen LogP contribution in [0.5, 0.6) is 17.2 Å². The molecule has 4 heteroatoms. The number of nitrogens with zero attached hydrogens (tertiary/aromatic N) is 1. The molecule has 1 atom stereocenters. The van der Waals surface area contributed by atoms with E-state index in [1.807, 2.05) is 49.4 Å². The van der Waals surface area contributed by atoms with E-state index in [4.69, 9.17) is 20.5 Å². The molecule has 1 unspecified atom stereocenters. The number of methoxy groups -OCH3 is 1. The Balaban J connectivity index is 2.29. The Morgan fingerprint density at radius 2 is 1.81 bits per heavy atom. The van der Waals surface area contributed by atoms with E-state index in [1.165, 1.54) is 0 Å². The molecule has 0 heterocycles. The van der Waals surface area contributed by atoms with E-state index in [1.54, 1.807) is 7.11 Å². The molecule has 0 spiro atoms. The third-order valence-corrected chi connectivity index (χ3v) is 3.14. The summed E-state index contributed by atoms with van der Waals surface area (Å²) >= 11 is 0. The van der Waals surface area contributed by atoms with Crippen molar-refractivity contribution in [3.05, 3.63) is 53.6 Å². The van der Waals surface area contributed by atoms with Crippen LogP contribution in [0.25, 0.3) is 0 Å². The van der Waals surface area contributed by atoms with Gasteiger partial charge in [0.1, 0.15) is 17.2 Å². The van der Waals surface area contributed by atoms with Crippen LogP contribution >= 0.6 is 0 Å². The second-order valence-corrected chi connectivity index (χ2v) is 4.74. The number of hydrogen-bond donors (Lipinski definition) is 1. The molecule has 0 bridgehead atoms. The zero-order chi connectivity index (χ0) is 15.2. The highest BCUT2D eigenvalue weighted by atomic mass is 16.5. The van der Waals surface area contributed by atoms with Crippen LogP contribution in [0.15, 0.2) is 42.5 Å². The first kappa shape index (κ1) is 14.9. The molecule has 0 saturated heterocycles. The summed E-state index contributed by atoms with van der Waals surface area (Å²) in [5.74, 6) is 2.09. The largest absolute Gasteiger partial charge is 0.496 e. The van der Waals surface area contributed by atoms with Gasteiger partial charge >= 0.3 is 0 Å². The molecule has 4 nitrogen and oxygen atoms in total. The van der Waals surface area contributed by atoms with E-state index in [0.29, 0.717) is 23.7 Å². The normalized spacial score (nSPS) is 11.5. The van der Waals surface area contributed by atoms with Gasteiger partial charge in [0.15, 0.2) is 0 Å².